The topological polar surface area (TPSA) is 68.5 Å². The molecule has 1 fully saturated rings. The molecule has 3 rings (SSSR count). The maximum atomic E-state index is 12.0. The Balaban J connectivity index is 1.66. The summed E-state index contributed by atoms with van der Waals surface area (Å²) in [7, 11) is 0. The molecular weight excluding hydrogens is 246 g/mol. The summed E-state index contributed by atoms with van der Waals surface area (Å²) in [5.41, 5.74) is 0.449. The smallest absolute Gasteiger partial charge is 0.338 e. The molecule has 98 valence electrons. The monoisotopic (exact) mass is 259 g/mol. The molecule has 2 atom stereocenters. The summed E-state index contributed by atoms with van der Waals surface area (Å²) in [5, 5.41) is 8.82. The largest absolute Gasteiger partial charge is 0.459 e. The van der Waals surface area contributed by atoms with Crippen molar-refractivity contribution < 1.29 is 19.0 Å². The minimum atomic E-state index is -0.373. The predicted octanol–water partition coefficient (Wildman–Crippen LogP) is 2.26. The molecule has 0 aromatic heterocycles. The molecule has 1 aliphatic heterocycles. The van der Waals surface area contributed by atoms with E-state index >= 15 is 0 Å². The highest BCUT2D eigenvalue weighted by Crippen LogP contribution is 2.33. The zero-order valence-corrected chi connectivity index (χ0v) is 10.3. The number of ether oxygens (including phenoxy) is 3. The van der Waals surface area contributed by atoms with Crippen LogP contribution >= 0.6 is 0 Å². The van der Waals surface area contributed by atoms with Crippen molar-refractivity contribution in [2.75, 3.05) is 6.79 Å². The van der Waals surface area contributed by atoms with E-state index in [0.717, 1.165) is 12.8 Å². The van der Waals surface area contributed by atoms with E-state index in [1.807, 2.05) is 0 Å². The molecule has 0 saturated heterocycles. The highest BCUT2D eigenvalue weighted by molar-refractivity contribution is 5.90. The van der Waals surface area contributed by atoms with Crippen LogP contribution in [0.25, 0.3) is 0 Å². The SMILES string of the molecule is N#CC1CCC(OC(=O)c2ccc3c(c2)OCO3)C1. The van der Waals surface area contributed by atoms with Gasteiger partial charge in [-0.25, -0.2) is 4.79 Å². The van der Waals surface area contributed by atoms with Gasteiger partial charge < -0.3 is 14.2 Å². The fourth-order valence-electron chi connectivity index (χ4n) is 2.41. The maximum absolute atomic E-state index is 12.0. The summed E-state index contributed by atoms with van der Waals surface area (Å²) >= 11 is 0. The number of benzene rings is 1. The number of hydrogen-bond acceptors (Lipinski definition) is 5. The second kappa shape index (κ2) is 4.81. The van der Waals surface area contributed by atoms with E-state index in [0.29, 0.717) is 23.5 Å². The third kappa shape index (κ3) is 2.34. The third-order valence-electron chi connectivity index (χ3n) is 3.45. The third-order valence-corrected chi connectivity index (χ3v) is 3.45. The maximum Gasteiger partial charge on any atom is 0.338 e. The zero-order valence-electron chi connectivity index (χ0n) is 10.3. The summed E-state index contributed by atoms with van der Waals surface area (Å²) in [6.07, 6.45) is 2.04. The normalized spacial score (nSPS) is 23.9. The van der Waals surface area contributed by atoms with Crippen molar-refractivity contribution in [3.8, 4) is 17.6 Å². The average Bonchev–Trinajstić information content (AvgIpc) is 3.05. The first-order valence-corrected chi connectivity index (χ1v) is 6.26. The molecule has 0 N–H and O–H groups in total. The van der Waals surface area contributed by atoms with Gasteiger partial charge in [-0.15, -0.1) is 0 Å². The second-order valence-electron chi connectivity index (χ2n) is 4.73. The lowest BCUT2D eigenvalue weighted by atomic mass is 10.1. The lowest BCUT2D eigenvalue weighted by Crippen LogP contribution is -2.15. The van der Waals surface area contributed by atoms with Gasteiger partial charge in [0.15, 0.2) is 11.5 Å². The Morgan fingerprint density at radius 1 is 1.32 bits per heavy atom. The molecular formula is C14H13NO4. The standard InChI is InChI=1S/C14H13NO4/c15-7-9-1-3-11(5-9)19-14(16)10-2-4-12-13(6-10)18-8-17-12/h2,4,6,9,11H,1,3,5,8H2. The summed E-state index contributed by atoms with van der Waals surface area (Å²) in [5.74, 6) is 0.842. The minimum absolute atomic E-state index is 0.00885. The minimum Gasteiger partial charge on any atom is -0.459 e. The number of fused-ring (bicyclic) bond motifs is 1. The van der Waals surface area contributed by atoms with Crippen LogP contribution in [0.3, 0.4) is 0 Å². The lowest BCUT2D eigenvalue weighted by molar-refractivity contribution is 0.0313. The Morgan fingerprint density at radius 3 is 2.95 bits per heavy atom. The van der Waals surface area contributed by atoms with Crippen LogP contribution in [0.4, 0.5) is 0 Å². The molecule has 1 aromatic rings. The van der Waals surface area contributed by atoms with Crippen molar-refractivity contribution in [1.82, 2.24) is 0 Å². The van der Waals surface area contributed by atoms with Gasteiger partial charge in [0.25, 0.3) is 0 Å². The van der Waals surface area contributed by atoms with Crippen LogP contribution in [0.5, 0.6) is 11.5 Å². The fourth-order valence-corrected chi connectivity index (χ4v) is 2.41. The van der Waals surface area contributed by atoms with Gasteiger partial charge in [0.05, 0.1) is 11.6 Å². The molecule has 0 radical (unpaired) electrons. The van der Waals surface area contributed by atoms with Gasteiger partial charge in [0, 0.05) is 12.3 Å². The summed E-state index contributed by atoms with van der Waals surface area (Å²) < 4.78 is 15.8. The van der Waals surface area contributed by atoms with Crippen molar-refractivity contribution in [2.45, 2.75) is 25.4 Å². The van der Waals surface area contributed by atoms with Gasteiger partial charge in [0.2, 0.25) is 6.79 Å². The zero-order chi connectivity index (χ0) is 13.2. The second-order valence-corrected chi connectivity index (χ2v) is 4.73. The number of hydrogen-bond donors (Lipinski definition) is 0. The number of nitrogens with zero attached hydrogens (tertiary/aromatic N) is 1. The molecule has 2 aliphatic rings. The Kier molecular flexibility index (Phi) is 3.00. The van der Waals surface area contributed by atoms with E-state index < -0.39 is 0 Å². The van der Waals surface area contributed by atoms with Crippen LogP contribution in [0.15, 0.2) is 18.2 Å². The molecule has 19 heavy (non-hydrogen) atoms. The van der Waals surface area contributed by atoms with Crippen molar-refractivity contribution in [3.05, 3.63) is 23.8 Å². The number of nitriles is 1. The molecule has 0 bridgehead atoms. The Morgan fingerprint density at radius 2 is 2.16 bits per heavy atom. The van der Waals surface area contributed by atoms with E-state index in [1.54, 1.807) is 18.2 Å². The van der Waals surface area contributed by atoms with E-state index in [2.05, 4.69) is 6.07 Å². The Hall–Kier alpha value is -2.22. The molecule has 5 nitrogen and oxygen atoms in total. The van der Waals surface area contributed by atoms with Crippen LogP contribution in [0.2, 0.25) is 0 Å². The molecule has 2 unspecified atom stereocenters. The highest BCUT2D eigenvalue weighted by atomic mass is 16.7. The molecule has 5 heteroatoms. The van der Waals surface area contributed by atoms with Crippen molar-refractivity contribution in [2.24, 2.45) is 5.92 Å². The van der Waals surface area contributed by atoms with Gasteiger partial charge in [-0.05, 0) is 31.0 Å². The van der Waals surface area contributed by atoms with Gasteiger partial charge >= 0.3 is 5.97 Å². The number of carbonyl (C=O) groups excluding carboxylic acids is 1. The molecule has 1 aliphatic carbocycles. The molecule has 0 spiro atoms. The predicted molar refractivity (Wildman–Crippen MR) is 64.7 cm³/mol. The summed E-state index contributed by atoms with van der Waals surface area (Å²) in [6, 6.07) is 7.20. The first-order valence-electron chi connectivity index (χ1n) is 6.26. The first kappa shape index (κ1) is 11.8. The molecule has 1 saturated carbocycles. The Bertz CT molecular complexity index is 549. The van der Waals surface area contributed by atoms with Crippen LogP contribution in [-0.4, -0.2) is 18.9 Å². The van der Waals surface area contributed by atoms with Gasteiger partial charge in [0.1, 0.15) is 6.10 Å². The first-order chi connectivity index (χ1) is 9.26. The van der Waals surface area contributed by atoms with Crippen LogP contribution in [0, 0.1) is 17.2 Å². The number of carbonyl (C=O) groups is 1. The molecule has 0 amide bonds. The van der Waals surface area contributed by atoms with Crippen molar-refractivity contribution >= 4 is 5.97 Å². The summed E-state index contributed by atoms with van der Waals surface area (Å²) in [6.45, 7) is 0.181. The van der Waals surface area contributed by atoms with Crippen LogP contribution in [0.1, 0.15) is 29.6 Å². The van der Waals surface area contributed by atoms with Crippen molar-refractivity contribution in [3.63, 3.8) is 0 Å². The summed E-state index contributed by atoms with van der Waals surface area (Å²) in [4.78, 5) is 12.0. The number of esters is 1. The quantitative estimate of drug-likeness (QED) is 0.762. The van der Waals surface area contributed by atoms with E-state index in [4.69, 9.17) is 19.5 Å². The highest BCUT2D eigenvalue weighted by Gasteiger charge is 2.28. The van der Waals surface area contributed by atoms with Gasteiger partial charge in [-0.2, -0.15) is 5.26 Å². The van der Waals surface area contributed by atoms with Gasteiger partial charge in [-0.3, -0.25) is 0 Å². The van der Waals surface area contributed by atoms with Crippen LogP contribution in [-0.2, 0) is 4.74 Å². The lowest BCUT2D eigenvalue weighted by Gasteiger charge is -2.11. The van der Waals surface area contributed by atoms with E-state index in [1.165, 1.54) is 0 Å². The Labute approximate surface area is 110 Å². The fraction of sp³-hybridized carbons (Fsp3) is 0.429. The van der Waals surface area contributed by atoms with Gasteiger partial charge in [-0.1, -0.05) is 0 Å². The molecule has 1 aromatic carbocycles. The average molecular weight is 259 g/mol. The molecule has 1 heterocycles. The van der Waals surface area contributed by atoms with E-state index in [9.17, 15) is 4.79 Å². The van der Waals surface area contributed by atoms with Crippen LogP contribution < -0.4 is 9.47 Å². The number of rotatable bonds is 2. The van der Waals surface area contributed by atoms with E-state index in [-0.39, 0.29) is 24.8 Å². The van der Waals surface area contributed by atoms with Crippen molar-refractivity contribution in [1.29, 1.82) is 5.26 Å².